The van der Waals surface area contributed by atoms with Crippen molar-refractivity contribution in [2.45, 2.75) is 11.8 Å². The highest BCUT2D eigenvalue weighted by molar-refractivity contribution is 7.98. The number of carbonyl (C=O) groups is 1. The van der Waals surface area contributed by atoms with Crippen LogP contribution in [-0.4, -0.2) is 47.6 Å². The van der Waals surface area contributed by atoms with E-state index in [2.05, 4.69) is 5.32 Å². The number of hydrogen-bond donors (Lipinski definition) is 1. The van der Waals surface area contributed by atoms with Crippen LogP contribution in [0.5, 0.6) is 11.5 Å². The van der Waals surface area contributed by atoms with Gasteiger partial charge in [-0.05, 0) is 31.4 Å². The average Bonchev–Trinajstić information content (AvgIpc) is 2.72. The topological polar surface area (TPSA) is 84.9 Å². The molecular formula is C19H24N2O5S2. The molecule has 1 amide bonds. The van der Waals surface area contributed by atoms with Crippen LogP contribution in [0, 0.1) is 0 Å². The number of nitrogens with zero attached hydrogens (tertiary/aromatic N) is 1. The van der Waals surface area contributed by atoms with Gasteiger partial charge in [0, 0.05) is 18.0 Å². The lowest BCUT2D eigenvalue weighted by atomic mass is 10.1. The number of rotatable bonds is 8. The van der Waals surface area contributed by atoms with E-state index < -0.39 is 15.9 Å². The zero-order valence-electron chi connectivity index (χ0n) is 16.5. The summed E-state index contributed by atoms with van der Waals surface area (Å²) in [6.45, 7) is 1.54. The van der Waals surface area contributed by atoms with Crippen LogP contribution in [0.4, 0.5) is 11.4 Å². The quantitative estimate of drug-likeness (QED) is 0.653. The summed E-state index contributed by atoms with van der Waals surface area (Å²) in [6, 6.07) is 10.3. The molecule has 2 aromatic rings. The lowest BCUT2D eigenvalue weighted by Crippen LogP contribution is -2.30. The molecule has 0 aliphatic carbocycles. The normalized spacial score (nSPS) is 11.0. The number of anilines is 2. The molecule has 2 rings (SSSR count). The van der Waals surface area contributed by atoms with Gasteiger partial charge in [0.1, 0.15) is 0 Å². The fourth-order valence-electron chi connectivity index (χ4n) is 2.59. The predicted molar refractivity (Wildman–Crippen MR) is 114 cm³/mol. The highest BCUT2D eigenvalue weighted by atomic mass is 32.2. The largest absolute Gasteiger partial charge is 0.493 e. The second-order valence-corrected chi connectivity index (χ2v) is 8.88. The number of hydrogen-bond acceptors (Lipinski definition) is 6. The minimum atomic E-state index is -3.58. The third-order valence-electron chi connectivity index (χ3n) is 4.22. The number of amides is 1. The van der Waals surface area contributed by atoms with Gasteiger partial charge in [0.2, 0.25) is 10.0 Å². The van der Waals surface area contributed by atoms with Gasteiger partial charge in [-0.1, -0.05) is 12.1 Å². The second-order valence-electron chi connectivity index (χ2n) is 5.75. The van der Waals surface area contributed by atoms with Crippen molar-refractivity contribution in [3.05, 3.63) is 42.0 Å². The number of methoxy groups -OCH3 is 2. The Morgan fingerprint density at radius 1 is 1.14 bits per heavy atom. The van der Waals surface area contributed by atoms with Gasteiger partial charge in [-0.25, -0.2) is 8.42 Å². The average molecular weight is 425 g/mol. The standard InChI is InChI=1S/C19H24N2O5S2/c1-6-28(23,24)21(2)15-12-17(26-4)16(25-3)11-13(15)19(22)20-14-9-7-8-10-18(14)27-5/h7-12H,6H2,1-5H3,(H,20,22). The lowest BCUT2D eigenvalue weighted by molar-refractivity contribution is 0.102. The third kappa shape index (κ3) is 4.53. The second kappa shape index (κ2) is 9.20. The van der Waals surface area contributed by atoms with Crippen LogP contribution in [0.3, 0.4) is 0 Å². The van der Waals surface area contributed by atoms with E-state index in [1.807, 2.05) is 24.5 Å². The highest BCUT2D eigenvalue weighted by Crippen LogP contribution is 2.36. The Balaban J connectivity index is 2.58. The number of ether oxygens (including phenoxy) is 2. The highest BCUT2D eigenvalue weighted by Gasteiger charge is 2.25. The van der Waals surface area contributed by atoms with E-state index >= 15 is 0 Å². The van der Waals surface area contributed by atoms with Crippen LogP contribution in [-0.2, 0) is 10.0 Å². The van der Waals surface area contributed by atoms with Crippen molar-refractivity contribution < 1.29 is 22.7 Å². The van der Waals surface area contributed by atoms with Crippen molar-refractivity contribution in [1.29, 1.82) is 0 Å². The molecule has 152 valence electrons. The first kappa shape index (κ1) is 21.9. The van der Waals surface area contributed by atoms with E-state index in [0.717, 1.165) is 9.20 Å². The summed E-state index contributed by atoms with van der Waals surface area (Å²) >= 11 is 1.50. The van der Waals surface area contributed by atoms with Crippen LogP contribution in [0.1, 0.15) is 17.3 Å². The van der Waals surface area contributed by atoms with E-state index in [1.165, 1.54) is 45.2 Å². The minimum Gasteiger partial charge on any atom is -0.493 e. The Morgan fingerprint density at radius 3 is 2.32 bits per heavy atom. The van der Waals surface area contributed by atoms with E-state index in [0.29, 0.717) is 17.2 Å². The molecule has 0 saturated carbocycles. The maximum absolute atomic E-state index is 13.1. The predicted octanol–water partition coefficient (Wildman–Crippen LogP) is 3.46. The molecule has 0 heterocycles. The summed E-state index contributed by atoms with van der Waals surface area (Å²) in [5.41, 5.74) is 1.01. The summed E-state index contributed by atoms with van der Waals surface area (Å²) in [7, 11) is 0.727. The van der Waals surface area contributed by atoms with Crippen LogP contribution in [0.15, 0.2) is 41.3 Å². The zero-order chi connectivity index (χ0) is 20.9. The van der Waals surface area contributed by atoms with Crippen molar-refractivity contribution in [2.75, 3.05) is 42.9 Å². The molecule has 0 atom stereocenters. The number of benzene rings is 2. The van der Waals surface area contributed by atoms with Gasteiger partial charge in [-0.2, -0.15) is 0 Å². The first-order chi connectivity index (χ1) is 13.3. The van der Waals surface area contributed by atoms with Crippen molar-refractivity contribution in [1.82, 2.24) is 0 Å². The molecule has 0 aliphatic heterocycles. The third-order valence-corrected chi connectivity index (χ3v) is 6.78. The van der Waals surface area contributed by atoms with Crippen molar-refractivity contribution in [3.63, 3.8) is 0 Å². The Kier molecular flexibility index (Phi) is 7.20. The molecule has 0 bridgehead atoms. The zero-order valence-corrected chi connectivity index (χ0v) is 18.1. The smallest absolute Gasteiger partial charge is 0.257 e. The lowest BCUT2D eigenvalue weighted by Gasteiger charge is -2.23. The Labute approximate surface area is 170 Å². The van der Waals surface area contributed by atoms with Gasteiger partial charge in [0.25, 0.3) is 5.91 Å². The molecule has 0 spiro atoms. The number of carbonyl (C=O) groups excluding carboxylic acids is 1. The summed E-state index contributed by atoms with van der Waals surface area (Å²) in [5, 5.41) is 2.85. The fourth-order valence-corrected chi connectivity index (χ4v) is 3.98. The molecule has 0 unspecified atom stereocenters. The van der Waals surface area contributed by atoms with Gasteiger partial charge in [0.15, 0.2) is 11.5 Å². The number of sulfonamides is 1. The molecular weight excluding hydrogens is 400 g/mol. The Morgan fingerprint density at radius 2 is 1.75 bits per heavy atom. The molecule has 1 N–H and O–H groups in total. The summed E-state index contributed by atoms with van der Waals surface area (Å²) in [6.07, 6.45) is 1.91. The maximum Gasteiger partial charge on any atom is 0.257 e. The summed E-state index contributed by atoms with van der Waals surface area (Å²) < 4.78 is 36.5. The fraction of sp³-hybridized carbons (Fsp3) is 0.316. The SMILES string of the molecule is CCS(=O)(=O)N(C)c1cc(OC)c(OC)cc1C(=O)Nc1ccccc1SC. The van der Waals surface area contributed by atoms with Crippen LogP contribution < -0.4 is 19.1 Å². The Bertz CT molecular complexity index is 961. The summed E-state index contributed by atoms with van der Waals surface area (Å²) in [4.78, 5) is 13.9. The molecule has 7 nitrogen and oxygen atoms in total. The van der Waals surface area contributed by atoms with Gasteiger partial charge in [-0.15, -0.1) is 11.8 Å². The van der Waals surface area contributed by atoms with Gasteiger partial charge >= 0.3 is 0 Å². The molecule has 9 heteroatoms. The van der Waals surface area contributed by atoms with E-state index in [4.69, 9.17) is 9.47 Å². The molecule has 0 aromatic heterocycles. The van der Waals surface area contributed by atoms with Gasteiger partial charge in [0.05, 0.1) is 36.9 Å². The van der Waals surface area contributed by atoms with E-state index in [9.17, 15) is 13.2 Å². The Hall–Kier alpha value is -2.39. The van der Waals surface area contributed by atoms with Crippen LogP contribution in [0.2, 0.25) is 0 Å². The number of thioether (sulfide) groups is 1. The molecule has 0 radical (unpaired) electrons. The number of nitrogens with one attached hydrogen (secondary N) is 1. The number of para-hydroxylation sites is 1. The first-order valence-electron chi connectivity index (χ1n) is 8.46. The van der Waals surface area contributed by atoms with Crippen LogP contribution in [0.25, 0.3) is 0 Å². The van der Waals surface area contributed by atoms with Gasteiger partial charge < -0.3 is 14.8 Å². The minimum absolute atomic E-state index is 0.103. The molecule has 28 heavy (non-hydrogen) atoms. The maximum atomic E-state index is 13.1. The van der Waals surface area contributed by atoms with Crippen molar-refractivity contribution in [3.8, 4) is 11.5 Å². The summed E-state index contributed by atoms with van der Waals surface area (Å²) in [5.74, 6) is 0.109. The van der Waals surface area contributed by atoms with Gasteiger partial charge in [-0.3, -0.25) is 9.10 Å². The molecule has 2 aromatic carbocycles. The van der Waals surface area contributed by atoms with E-state index in [-0.39, 0.29) is 17.0 Å². The molecule has 0 aliphatic rings. The van der Waals surface area contributed by atoms with Crippen molar-refractivity contribution >= 4 is 39.1 Å². The molecule has 0 fully saturated rings. The van der Waals surface area contributed by atoms with Crippen molar-refractivity contribution in [2.24, 2.45) is 0 Å². The van der Waals surface area contributed by atoms with E-state index in [1.54, 1.807) is 13.0 Å². The first-order valence-corrected chi connectivity index (χ1v) is 11.3. The molecule has 0 saturated heterocycles. The monoisotopic (exact) mass is 424 g/mol. The van der Waals surface area contributed by atoms with Crippen LogP contribution >= 0.6 is 11.8 Å².